The van der Waals surface area contributed by atoms with Gasteiger partial charge >= 0.3 is 0 Å². The molecule has 1 heterocycles. The summed E-state index contributed by atoms with van der Waals surface area (Å²) in [6.45, 7) is 4.98. The zero-order valence-electron chi connectivity index (χ0n) is 9.21. The van der Waals surface area contributed by atoms with Gasteiger partial charge in [0.2, 0.25) is 0 Å². The minimum Gasteiger partial charge on any atom is -0.372 e. The summed E-state index contributed by atoms with van der Waals surface area (Å²) in [4.78, 5) is 0. The van der Waals surface area contributed by atoms with Crippen LogP contribution in [0.15, 0.2) is 0 Å². The topological polar surface area (TPSA) is 27.1 Å². The molecule has 0 amide bonds. The lowest BCUT2D eigenvalue weighted by atomic mass is 10.2. The van der Waals surface area contributed by atoms with E-state index in [1.165, 1.54) is 24.1 Å². The number of nitrogens with zero attached hydrogens (tertiary/aromatic N) is 2. The molecule has 1 aliphatic rings. The monoisotopic (exact) mass is 194 g/mol. The van der Waals surface area contributed by atoms with Crippen molar-refractivity contribution in [2.75, 3.05) is 0 Å². The van der Waals surface area contributed by atoms with E-state index in [2.05, 4.69) is 18.9 Å². The summed E-state index contributed by atoms with van der Waals surface area (Å²) in [6.07, 6.45) is 4.01. The Morgan fingerprint density at radius 2 is 2.21 bits per heavy atom. The zero-order chi connectivity index (χ0) is 10.1. The summed E-state index contributed by atoms with van der Waals surface area (Å²) in [5.41, 5.74) is 3.73. The van der Waals surface area contributed by atoms with Gasteiger partial charge in [0, 0.05) is 12.7 Å². The molecule has 3 nitrogen and oxygen atoms in total. The van der Waals surface area contributed by atoms with Gasteiger partial charge in [0.05, 0.1) is 18.4 Å². The Labute approximate surface area is 85.1 Å². The highest BCUT2D eigenvalue weighted by Gasteiger charge is 2.23. The molecule has 0 spiro atoms. The highest BCUT2D eigenvalue weighted by atomic mass is 16.5. The van der Waals surface area contributed by atoms with Crippen LogP contribution >= 0.6 is 0 Å². The van der Waals surface area contributed by atoms with Crippen LogP contribution in [0.25, 0.3) is 0 Å². The van der Waals surface area contributed by atoms with Crippen molar-refractivity contribution in [3.8, 4) is 0 Å². The maximum absolute atomic E-state index is 5.66. The third-order valence-electron chi connectivity index (χ3n) is 2.84. The third-order valence-corrected chi connectivity index (χ3v) is 2.84. The quantitative estimate of drug-likeness (QED) is 0.732. The van der Waals surface area contributed by atoms with E-state index in [4.69, 9.17) is 4.74 Å². The number of aromatic nitrogens is 2. The molecule has 0 aromatic carbocycles. The molecule has 0 saturated heterocycles. The molecule has 1 aliphatic carbocycles. The molecule has 78 valence electrons. The molecule has 1 fully saturated rings. The number of hydrogen-bond donors (Lipinski definition) is 0. The van der Waals surface area contributed by atoms with Crippen molar-refractivity contribution in [2.45, 2.75) is 45.8 Å². The average Bonchev–Trinajstić information content (AvgIpc) is 2.92. The molecule has 0 aliphatic heterocycles. The summed E-state index contributed by atoms with van der Waals surface area (Å²) in [5.74, 6) is 0. The second-order valence-corrected chi connectivity index (χ2v) is 4.01. The lowest BCUT2D eigenvalue weighted by molar-refractivity contribution is 0.103. The predicted molar refractivity (Wildman–Crippen MR) is 55.1 cm³/mol. The van der Waals surface area contributed by atoms with Gasteiger partial charge < -0.3 is 4.74 Å². The lowest BCUT2D eigenvalue weighted by Crippen LogP contribution is -1.98. The van der Waals surface area contributed by atoms with Crippen LogP contribution in [0, 0.1) is 6.92 Å². The van der Waals surface area contributed by atoms with Gasteiger partial charge in [-0.1, -0.05) is 6.92 Å². The molecule has 3 heteroatoms. The highest BCUT2D eigenvalue weighted by Crippen LogP contribution is 2.25. The van der Waals surface area contributed by atoms with Crippen LogP contribution in [0.4, 0.5) is 0 Å². The second-order valence-electron chi connectivity index (χ2n) is 4.01. The van der Waals surface area contributed by atoms with Crippen LogP contribution in [-0.4, -0.2) is 15.9 Å². The molecule has 2 rings (SSSR count). The molecule has 0 N–H and O–H groups in total. The lowest BCUT2D eigenvalue weighted by Gasteiger charge is -1.99. The highest BCUT2D eigenvalue weighted by molar-refractivity contribution is 5.24. The number of ether oxygens (including phenoxy) is 1. The fourth-order valence-electron chi connectivity index (χ4n) is 1.79. The van der Waals surface area contributed by atoms with E-state index < -0.39 is 0 Å². The van der Waals surface area contributed by atoms with Gasteiger partial charge in [0.15, 0.2) is 0 Å². The van der Waals surface area contributed by atoms with Crippen molar-refractivity contribution < 1.29 is 4.74 Å². The van der Waals surface area contributed by atoms with E-state index in [1.807, 2.05) is 11.7 Å². The first kappa shape index (κ1) is 9.71. The molecule has 1 saturated carbocycles. The van der Waals surface area contributed by atoms with Crippen LogP contribution < -0.4 is 0 Å². The summed E-state index contributed by atoms with van der Waals surface area (Å²) >= 11 is 0. The molecule has 14 heavy (non-hydrogen) atoms. The summed E-state index contributed by atoms with van der Waals surface area (Å²) in [7, 11) is 2.01. The Balaban J connectivity index is 2.07. The fourth-order valence-corrected chi connectivity index (χ4v) is 1.79. The first-order valence-electron chi connectivity index (χ1n) is 5.35. The van der Waals surface area contributed by atoms with Gasteiger partial charge in [0.25, 0.3) is 0 Å². The first-order valence-corrected chi connectivity index (χ1v) is 5.35. The molecule has 0 bridgehead atoms. The van der Waals surface area contributed by atoms with Crippen LogP contribution in [-0.2, 0) is 24.8 Å². The summed E-state index contributed by atoms with van der Waals surface area (Å²) in [6, 6.07) is 0. The minimum atomic E-state index is 0.515. The van der Waals surface area contributed by atoms with E-state index in [0.29, 0.717) is 12.7 Å². The molecular weight excluding hydrogens is 176 g/mol. The first-order chi connectivity index (χ1) is 6.72. The van der Waals surface area contributed by atoms with Gasteiger partial charge in [-0.2, -0.15) is 5.10 Å². The fraction of sp³-hybridized carbons (Fsp3) is 0.727. The normalized spacial score (nSPS) is 16.2. The number of rotatable bonds is 4. The van der Waals surface area contributed by atoms with E-state index in [-0.39, 0.29) is 0 Å². The van der Waals surface area contributed by atoms with Crippen molar-refractivity contribution in [1.82, 2.24) is 9.78 Å². The van der Waals surface area contributed by atoms with Crippen LogP contribution in [0.1, 0.15) is 36.7 Å². The van der Waals surface area contributed by atoms with Gasteiger partial charge in [-0.3, -0.25) is 4.68 Å². The average molecular weight is 194 g/mol. The van der Waals surface area contributed by atoms with Crippen LogP contribution in [0.5, 0.6) is 0 Å². The molecule has 0 radical (unpaired) electrons. The maximum Gasteiger partial charge on any atom is 0.0913 e. The minimum absolute atomic E-state index is 0.515. The largest absolute Gasteiger partial charge is 0.372 e. The zero-order valence-corrected chi connectivity index (χ0v) is 9.21. The van der Waals surface area contributed by atoms with E-state index in [9.17, 15) is 0 Å². The molecule has 1 aromatic rings. The summed E-state index contributed by atoms with van der Waals surface area (Å²) in [5, 5.41) is 4.47. The third kappa shape index (κ3) is 1.82. The van der Waals surface area contributed by atoms with Crippen molar-refractivity contribution in [3.05, 3.63) is 17.0 Å². The molecule has 0 atom stereocenters. The Bertz CT molecular complexity index is 326. The Hall–Kier alpha value is -0.830. The Morgan fingerprint density at radius 1 is 1.50 bits per heavy atom. The Kier molecular flexibility index (Phi) is 2.59. The van der Waals surface area contributed by atoms with Crippen molar-refractivity contribution in [1.29, 1.82) is 0 Å². The molecular formula is C11H18N2O. The molecule has 0 unspecified atom stereocenters. The van der Waals surface area contributed by atoms with Crippen molar-refractivity contribution in [2.24, 2.45) is 7.05 Å². The number of hydrogen-bond acceptors (Lipinski definition) is 2. The summed E-state index contributed by atoms with van der Waals surface area (Å²) < 4.78 is 7.63. The van der Waals surface area contributed by atoms with Crippen LogP contribution in [0.2, 0.25) is 0 Å². The van der Waals surface area contributed by atoms with Crippen molar-refractivity contribution >= 4 is 0 Å². The van der Waals surface area contributed by atoms with Crippen molar-refractivity contribution in [3.63, 3.8) is 0 Å². The van der Waals surface area contributed by atoms with Gasteiger partial charge in [-0.05, 0) is 31.7 Å². The van der Waals surface area contributed by atoms with E-state index in [0.717, 1.165) is 12.1 Å². The maximum atomic E-state index is 5.66. The van der Waals surface area contributed by atoms with Gasteiger partial charge in [0.1, 0.15) is 0 Å². The SMILES string of the molecule is CCc1c(C)c(COC2CC2)nn1C. The predicted octanol–water partition coefficient (Wildman–Crippen LogP) is 1.97. The number of aryl methyl sites for hydroxylation is 1. The Morgan fingerprint density at radius 3 is 2.71 bits per heavy atom. The van der Waals surface area contributed by atoms with Gasteiger partial charge in [-0.25, -0.2) is 0 Å². The van der Waals surface area contributed by atoms with Crippen LogP contribution in [0.3, 0.4) is 0 Å². The van der Waals surface area contributed by atoms with E-state index in [1.54, 1.807) is 0 Å². The smallest absolute Gasteiger partial charge is 0.0913 e. The second kappa shape index (κ2) is 3.73. The molecule has 1 aromatic heterocycles. The van der Waals surface area contributed by atoms with Gasteiger partial charge in [-0.15, -0.1) is 0 Å². The van der Waals surface area contributed by atoms with E-state index >= 15 is 0 Å². The standard InChI is InChI=1S/C11H18N2O/c1-4-11-8(2)10(12-13(11)3)7-14-9-5-6-9/h9H,4-7H2,1-3H3.